The molecule has 4 saturated carbocycles. The van der Waals surface area contributed by atoms with E-state index in [-0.39, 0.29) is 47.0 Å². The summed E-state index contributed by atoms with van der Waals surface area (Å²) in [4.78, 5) is 12.9. The highest BCUT2D eigenvalue weighted by Gasteiger charge is 2.65. The van der Waals surface area contributed by atoms with E-state index in [1.165, 1.54) is 39.5 Å². The van der Waals surface area contributed by atoms with Crippen LogP contribution in [0, 0.1) is 51.8 Å². The highest BCUT2D eigenvalue weighted by Crippen LogP contribution is 2.68. The van der Waals surface area contributed by atoms with Gasteiger partial charge in [-0.3, -0.25) is 9.35 Å². The maximum atomic E-state index is 14.4. The van der Waals surface area contributed by atoms with Gasteiger partial charge in [-0.05, 0) is 112 Å². The molecule has 0 radical (unpaired) electrons. The zero-order valence-corrected chi connectivity index (χ0v) is 27.4. The summed E-state index contributed by atoms with van der Waals surface area (Å²) < 4.78 is 66.1. The average molecular weight is 621 g/mol. The minimum absolute atomic E-state index is 0.0709. The molecule has 4 aliphatic carbocycles. The number of esters is 1. The molecule has 0 saturated heterocycles. The lowest BCUT2D eigenvalue weighted by atomic mass is 9.43. The maximum absolute atomic E-state index is 14.4. The fourth-order valence-electron chi connectivity index (χ4n) is 10.6. The standard InChI is InChI=1S/C32H54F2O7S/c1-19(11-14-26(37)41-29(4,5)18-28(2,3)32(33,34)42(38,39)40)21-12-13-22-27-23(17-25(36)31(21,22)7)30(6)15-9-8-10-20(30)16-24(27)35/h19-25,27,35-36H,8-18H2,1-7H3,(H,38,39,40)/t19-,20+,21-,22+,23+,24-,25+,27+,30+,31-/m1/s1. The fourth-order valence-corrected chi connectivity index (χ4v) is 11.4. The third kappa shape index (κ3) is 5.68. The Morgan fingerprint density at radius 2 is 1.67 bits per heavy atom. The summed E-state index contributed by atoms with van der Waals surface area (Å²) in [6.45, 7) is 11.7. The molecular weight excluding hydrogens is 566 g/mol. The minimum atomic E-state index is -5.64. The monoisotopic (exact) mass is 620 g/mol. The van der Waals surface area contributed by atoms with Crippen LogP contribution in [0.2, 0.25) is 0 Å². The van der Waals surface area contributed by atoms with Gasteiger partial charge in [0, 0.05) is 11.8 Å². The number of carbonyl (C=O) groups excluding carboxylic acids is 1. The smallest absolute Gasteiger partial charge is 0.375 e. The van der Waals surface area contributed by atoms with E-state index >= 15 is 0 Å². The molecule has 0 spiro atoms. The lowest BCUT2D eigenvalue weighted by molar-refractivity contribution is -0.201. The van der Waals surface area contributed by atoms with Gasteiger partial charge in [0.1, 0.15) is 5.60 Å². The van der Waals surface area contributed by atoms with Crippen molar-refractivity contribution in [2.24, 2.45) is 51.8 Å². The van der Waals surface area contributed by atoms with Gasteiger partial charge in [-0.1, -0.05) is 47.5 Å². The first-order chi connectivity index (χ1) is 19.1. The Morgan fingerprint density at radius 3 is 2.29 bits per heavy atom. The first kappa shape index (κ1) is 34.0. The van der Waals surface area contributed by atoms with E-state index in [1.54, 1.807) is 0 Å². The van der Waals surface area contributed by atoms with Gasteiger partial charge in [-0.15, -0.1) is 0 Å². The van der Waals surface area contributed by atoms with Gasteiger partial charge in [0.15, 0.2) is 0 Å². The van der Waals surface area contributed by atoms with E-state index in [1.807, 2.05) is 0 Å². The van der Waals surface area contributed by atoms with Gasteiger partial charge >= 0.3 is 21.3 Å². The van der Waals surface area contributed by atoms with Crippen molar-refractivity contribution >= 4 is 16.1 Å². The molecule has 10 atom stereocenters. The number of hydrogen-bond acceptors (Lipinski definition) is 6. The van der Waals surface area contributed by atoms with Gasteiger partial charge in [-0.25, -0.2) is 0 Å². The van der Waals surface area contributed by atoms with Gasteiger partial charge in [0.05, 0.1) is 12.2 Å². The van der Waals surface area contributed by atoms with Crippen LogP contribution in [0.25, 0.3) is 0 Å². The quantitative estimate of drug-likeness (QED) is 0.196. The molecule has 244 valence electrons. The Bertz CT molecular complexity index is 1120. The zero-order valence-electron chi connectivity index (χ0n) is 26.5. The number of hydrogen-bond donors (Lipinski definition) is 3. The summed E-state index contributed by atoms with van der Waals surface area (Å²) in [6.07, 6.45) is 7.52. The number of aliphatic hydroxyl groups is 2. The summed E-state index contributed by atoms with van der Waals surface area (Å²) in [5.74, 6) is 0.979. The van der Waals surface area contributed by atoms with E-state index in [4.69, 9.17) is 9.29 Å². The van der Waals surface area contributed by atoms with Gasteiger partial charge in [0.25, 0.3) is 0 Å². The Balaban J connectivity index is 1.40. The number of aliphatic hydroxyl groups excluding tert-OH is 2. The van der Waals surface area contributed by atoms with Crippen LogP contribution in [0.3, 0.4) is 0 Å². The molecule has 0 aromatic rings. The van der Waals surface area contributed by atoms with Crippen LogP contribution in [0.5, 0.6) is 0 Å². The lowest BCUT2D eigenvalue weighted by Gasteiger charge is -2.63. The van der Waals surface area contributed by atoms with Gasteiger partial charge < -0.3 is 14.9 Å². The molecule has 10 heteroatoms. The predicted molar refractivity (Wildman–Crippen MR) is 156 cm³/mol. The third-order valence-corrected chi connectivity index (χ3v) is 13.8. The molecule has 0 bridgehead atoms. The Labute approximate surface area is 251 Å². The molecule has 3 N–H and O–H groups in total. The van der Waals surface area contributed by atoms with E-state index in [9.17, 15) is 32.2 Å². The lowest BCUT2D eigenvalue weighted by Crippen LogP contribution is -2.61. The SMILES string of the molecule is C[C@H](CCC(=O)OC(C)(C)CC(C)(C)C(F)(F)S(=O)(=O)O)[C@H]1CC[C@H]2[C@@H]3[C@H](O)C[C@@H]4CCCC[C@]4(C)[C@H]3C[C@H](O)[C@]12C. The van der Waals surface area contributed by atoms with E-state index in [0.717, 1.165) is 33.1 Å². The third-order valence-electron chi connectivity index (χ3n) is 12.6. The van der Waals surface area contributed by atoms with Crippen LogP contribution in [0.15, 0.2) is 0 Å². The summed E-state index contributed by atoms with van der Waals surface area (Å²) >= 11 is 0. The zero-order chi connectivity index (χ0) is 31.7. The van der Waals surface area contributed by atoms with Crippen molar-refractivity contribution in [2.75, 3.05) is 0 Å². The molecule has 0 aromatic carbocycles. The highest BCUT2D eigenvalue weighted by molar-refractivity contribution is 7.86. The number of carbonyl (C=O) groups is 1. The second kappa shape index (κ2) is 11.2. The molecule has 0 aromatic heterocycles. The second-order valence-corrected chi connectivity index (χ2v) is 17.6. The average Bonchev–Trinajstić information content (AvgIpc) is 3.20. The number of fused-ring (bicyclic) bond motifs is 5. The Hall–Kier alpha value is -0.840. The van der Waals surface area contributed by atoms with Crippen molar-refractivity contribution in [1.82, 2.24) is 0 Å². The molecule has 0 heterocycles. The van der Waals surface area contributed by atoms with E-state index < -0.39 is 44.9 Å². The van der Waals surface area contributed by atoms with E-state index in [2.05, 4.69) is 20.8 Å². The van der Waals surface area contributed by atoms with Crippen LogP contribution in [0.1, 0.15) is 119 Å². The number of halogens is 2. The largest absolute Gasteiger partial charge is 0.460 e. The van der Waals surface area contributed by atoms with Crippen molar-refractivity contribution in [3.63, 3.8) is 0 Å². The molecular formula is C32H54F2O7S. The van der Waals surface area contributed by atoms with Gasteiger partial charge in [0.2, 0.25) is 0 Å². The molecule has 0 unspecified atom stereocenters. The number of rotatable bonds is 9. The maximum Gasteiger partial charge on any atom is 0.375 e. The van der Waals surface area contributed by atoms with Crippen molar-refractivity contribution in [2.45, 2.75) is 142 Å². The van der Waals surface area contributed by atoms with Crippen molar-refractivity contribution in [1.29, 1.82) is 0 Å². The van der Waals surface area contributed by atoms with E-state index in [0.29, 0.717) is 24.7 Å². The summed E-state index contributed by atoms with van der Waals surface area (Å²) in [5, 5.41) is 18.8. The Morgan fingerprint density at radius 1 is 1.02 bits per heavy atom. The molecule has 7 nitrogen and oxygen atoms in total. The highest BCUT2D eigenvalue weighted by atomic mass is 32.2. The van der Waals surface area contributed by atoms with Crippen LogP contribution in [0.4, 0.5) is 8.78 Å². The van der Waals surface area contributed by atoms with Crippen LogP contribution >= 0.6 is 0 Å². The van der Waals surface area contributed by atoms with Crippen molar-refractivity contribution in [3.05, 3.63) is 0 Å². The van der Waals surface area contributed by atoms with Crippen LogP contribution in [-0.4, -0.2) is 52.2 Å². The molecule has 4 fully saturated rings. The summed E-state index contributed by atoms with van der Waals surface area (Å²) in [7, 11) is -5.64. The molecule has 42 heavy (non-hydrogen) atoms. The summed E-state index contributed by atoms with van der Waals surface area (Å²) in [6, 6.07) is 0. The summed E-state index contributed by atoms with van der Waals surface area (Å²) in [5.41, 5.74) is -3.75. The Kier molecular flexibility index (Phi) is 9.08. The normalized spacial score (nSPS) is 40.0. The van der Waals surface area contributed by atoms with Crippen LogP contribution in [-0.2, 0) is 19.6 Å². The molecule has 0 amide bonds. The first-order valence-electron chi connectivity index (χ1n) is 16.0. The topological polar surface area (TPSA) is 121 Å². The predicted octanol–water partition coefficient (Wildman–Crippen LogP) is 6.61. The van der Waals surface area contributed by atoms with Crippen LogP contribution < -0.4 is 0 Å². The van der Waals surface area contributed by atoms with Gasteiger partial charge in [-0.2, -0.15) is 17.2 Å². The van der Waals surface area contributed by atoms with Crippen molar-refractivity contribution in [3.8, 4) is 0 Å². The second-order valence-electron chi connectivity index (χ2n) is 16.1. The van der Waals surface area contributed by atoms with Crippen molar-refractivity contribution < 1.29 is 41.5 Å². The minimum Gasteiger partial charge on any atom is -0.460 e. The molecule has 4 rings (SSSR count). The molecule has 4 aliphatic rings. The fraction of sp³-hybridized carbons (Fsp3) is 0.969. The number of alkyl halides is 2. The number of ether oxygens (including phenoxy) is 1. The molecule has 0 aliphatic heterocycles. The first-order valence-corrected chi connectivity index (χ1v) is 17.5.